The van der Waals surface area contributed by atoms with Crippen LogP contribution in [-0.4, -0.2) is 81.2 Å². The number of carbonyl (C=O) groups is 3. The van der Waals surface area contributed by atoms with E-state index in [1.54, 1.807) is 29.2 Å². The van der Waals surface area contributed by atoms with Crippen LogP contribution in [0.5, 0.6) is 5.75 Å². The van der Waals surface area contributed by atoms with Crippen molar-refractivity contribution in [2.24, 2.45) is 0 Å². The molecule has 0 spiro atoms. The first-order valence-corrected chi connectivity index (χ1v) is 13.8. The van der Waals surface area contributed by atoms with E-state index < -0.39 is 18.2 Å². The molecule has 3 aromatic rings. The number of terminal acetylenes is 1. The third kappa shape index (κ3) is 6.37. The van der Waals surface area contributed by atoms with Crippen molar-refractivity contribution in [3.8, 4) is 18.1 Å². The molecule has 3 aromatic carbocycles. The number of benzene rings is 3. The standard InChI is InChI=1S/C32H32FN5O4/c1-2-17-36-22-30(40)37-28(19-24-10-14-27(39)15-11-24)31(41)35(18-16-23-8-12-26(33)13-9-23)21-29(37)38(36)32(42)34-20-25-6-4-3-5-7-25/h1,3-15,28-29,39H,16-22H2,(H,34,42). The van der Waals surface area contributed by atoms with Gasteiger partial charge in [0.1, 0.15) is 23.8 Å². The van der Waals surface area contributed by atoms with Gasteiger partial charge in [0, 0.05) is 19.5 Å². The molecule has 9 nitrogen and oxygen atoms in total. The first-order chi connectivity index (χ1) is 20.3. The minimum atomic E-state index is -0.883. The van der Waals surface area contributed by atoms with Gasteiger partial charge in [0.25, 0.3) is 0 Å². The second kappa shape index (κ2) is 12.7. The number of aromatic hydroxyl groups is 1. The Morgan fingerprint density at radius 1 is 0.976 bits per heavy atom. The van der Waals surface area contributed by atoms with Crippen molar-refractivity contribution in [2.75, 3.05) is 26.2 Å². The number of carbonyl (C=O) groups excluding carboxylic acids is 3. The van der Waals surface area contributed by atoms with Crippen molar-refractivity contribution in [2.45, 2.75) is 31.6 Å². The first kappa shape index (κ1) is 28.6. The van der Waals surface area contributed by atoms with Gasteiger partial charge in [0.05, 0.1) is 19.6 Å². The van der Waals surface area contributed by atoms with Crippen LogP contribution in [0.4, 0.5) is 9.18 Å². The van der Waals surface area contributed by atoms with E-state index in [1.165, 1.54) is 39.2 Å². The van der Waals surface area contributed by atoms with E-state index in [9.17, 15) is 23.9 Å². The lowest BCUT2D eigenvalue weighted by Crippen LogP contribution is -2.76. The largest absolute Gasteiger partial charge is 0.508 e. The number of phenolic OH excluding ortho intramolecular Hbond substituents is 1. The van der Waals surface area contributed by atoms with Crippen LogP contribution in [0.1, 0.15) is 16.7 Å². The number of piperazine rings is 1. The van der Waals surface area contributed by atoms with E-state index in [1.807, 2.05) is 30.3 Å². The van der Waals surface area contributed by atoms with Crippen molar-refractivity contribution in [1.29, 1.82) is 0 Å². The zero-order valence-electron chi connectivity index (χ0n) is 23.0. The number of halogens is 1. The Kier molecular flexibility index (Phi) is 8.69. The highest BCUT2D eigenvalue weighted by Gasteiger charge is 2.51. The Morgan fingerprint density at radius 3 is 2.36 bits per heavy atom. The van der Waals surface area contributed by atoms with Crippen molar-refractivity contribution >= 4 is 17.8 Å². The summed E-state index contributed by atoms with van der Waals surface area (Å²) in [4.78, 5) is 44.4. The second-order valence-corrected chi connectivity index (χ2v) is 10.3. The van der Waals surface area contributed by atoms with Gasteiger partial charge in [0.15, 0.2) is 0 Å². The normalized spacial score (nSPS) is 18.9. The Balaban J connectivity index is 1.45. The van der Waals surface area contributed by atoms with Gasteiger partial charge in [-0.15, -0.1) is 6.42 Å². The molecule has 42 heavy (non-hydrogen) atoms. The molecule has 2 atom stereocenters. The predicted octanol–water partition coefficient (Wildman–Crippen LogP) is 2.76. The molecule has 2 aliphatic heterocycles. The highest BCUT2D eigenvalue weighted by Crippen LogP contribution is 2.29. The van der Waals surface area contributed by atoms with Gasteiger partial charge in [-0.25, -0.2) is 14.2 Å². The lowest BCUT2D eigenvalue weighted by molar-refractivity contribution is -0.188. The third-order valence-corrected chi connectivity index (χ3v) is 7.55. The van der Waals surface area contributed by atoms with E-state index >= 15 is 0 Å². The minimum absolute atomic E-state index is 0.0288. The van der Waals surface area contributed by atoms with Crippen LogP contribution in [0, 0.1) is 18.2 Å². The van der Waals surface area contributed by atoms with Crippen LogP contribution in [-0.2, 0) is 29.0 Å². The molecular formula is C32H32FN5O4. The number of amides is 4. The number of urea groups is 1. The number of rotatable bonds is 8. The van der Waals surface area contributed by atoms with E-state index in [4.69, 9.17) is 6.42 Å². The van der Waals surface area contributed by atoms with Gasteiger partial charge in [-0.2, -0.15) is 5.01 Å². The van der Waals surface area contributed by atoms with Crippen LogP contribution < -0.4 is 5.32 Å². The zero-order chi connectivity index (χ0) is 29.6. The van der Waals surface area contributed by atoms with Gasteiger partial charge in [0.2, 0.25) is 11.8 Å². The van der Waals surface area contributed by atoms with Gasteiger partial charge in [-0.1, -0.05) is 60.5 Å². The minimum Gasteiger partial charge on any atom is -0.508 e. The number of hydrogen-bond donors (Lipinski definition) is 2. The quantitative estimate of drug-likeness (QED) is 0.407. The summed E-state index contributed by atoms with van der Waals surface area (Å²) in [6, 6.07) is 20.7. The SMILES string of the molecule is C#CCN1CC(=O)N2C(Cc3ccc(O)cc3)C(=O)N(CCc3ccc(F)cc3)CC2N1C(=O)NCc1ccccc1. The Labute approximate surface area is 244 Å². The monoisotopic (exact) mass is 569 g/mol. The lowest BCUT2D eigenvalue weighted by atomic mass is 9.98. The topological polar surface area (TPSA) is 96.4 Å². The fourth-order valence-corrected chi connectivity index (χ4v) is 5.46. The summed E-state index contributed by atoms with van der Waals surface area (Å²) in [6.07, 6.45) is 5.49. The van der Waals surface area contributed by atoms with Gasteiger partial charge in [-0.3, -0.25) is 9.59 Å². The average molecular weight is 570 g/mol. The molecule has 2 fully saturated rings. The average Bonchev–Trinajstić information content (AvgIpc) is 2.99. The molecule has 0 saturated carbocycles. The molecule has 10 heteroatoms. The third-order valence-electron chi connectivity index (χ3n) is 7.55. The number of nitrogens with one attached hydrogen (secondary N) is 1. The molecule has 216 valence electrons. The Bertz CT molecular complexity index is 1460. The molecule has 2 aliphatic rings. The summed E-state index contributed by atoms with van der Waals surface area (Å²) in [7, 11) is 0. The van der Waals surface area contributed by atoms with Crippen LogP contribution in [0.25, 0.3) is 0 Å². The van der Waals surface area contributed by atoms with Crippen LogP contribution in [0.15, 0.2) is 78.9 Å². The van der Waals surface area contributed by atoms with Gasteiger partial charge in [-0.05, 0) is 47.4 Å². The highest BCUT2D eigenvalue weighted by atomic mass is 19.1. The molecule has 2 saturated heterocycles. The molecule has 5 rings (SSSR count). The van der Waals surface area contributed by atoms with E-state index in [-0.39, 0.29) is 56.0 Å². The molecule has 2 N–H and O–H groups in total. The lowest BCUT2D eigenvalue weighted by Gasteiger charge is -2.55. The fraction of sp³-hybridized carbons (Fsp3) is 0.281. The maximum atomic E-state index is 13.9. The fourth-order valence-electron chi connectivity index (χ4n) is 5.46. The molecule has 0 radical (unpaired) electrons. The Morgan fingerprint density at radius 2 is 1.67 bits per heavy atom. The molecular weight excluding hydrogens is 537 g/mol. The van der Waals surface area contributed by atoms with Crippen LogP contribution in [0.3, 0.4) is 0 Å². The maximum Gasteiger partial charge on any atom is 0.334 e. The van der Waals surface area contributed by atoms with Gasteiger partial charge >= 0.3 is 6.03 Å². The van der Waals surface area contributed by atoms with E-state index in [0.29, 0.717) is 13.0 Å². The van der Waals surface area contributed by atoms with Crippen molar-refractivity contribution in [3.05, 3.63) is 101 Å². The zero-order valence-corrected chi connectivity index (χ0v) is 23.0. The summed E-state index contributed by atoms with van der Waals surface area (Å²) in [5.74, 6) is 1.73. The van der Waals surface area contributed by atoms with Crippen LogP contribution in [0.2, 0.25) is 0 Å². The first-order valence-electron chi connectivity index (χ1n) is 13.8. The second-order valence-electron chi connectivity index (χ2n) is 10.3. The number of fused-ring (bicyclic) bond motifs is 1. The smallest absolute Gasteiger partial charge is 0.334 e. The maximum absolute atomic E-state index is 13.9. The summed E-state index contributed by atoms with van der Waals surface area (Å²) >= 11 is 0. The van der Waals surface area contributed by atoms with Crippen LogP contribution >= 0.6 is 0 Å². The molecule has 2 heterocycles. The molecule has 2 unspecified atom stereocenters. The highest BCUT2D eigenvalue weighted by molar-refractivity contribution is 5.91. The van der Waals surface area contributed by atoms with Crippen molar-refractivity contribution < 1.29 is 23.9 Å². The summed E-state index contributed by atoms with van der Waals surface area (Å²) in [5, 5.41) is 15.7. The summed E-state index contributed by atoms with van der Waals surface area (Å²) < 4.78 is 13.5. The predicted molar refractivity (Wildman–Crippen MR) is 154 cm³/mol. The Hall–Kier alpha value is -4.88. The summed E-state index contributed by atoms with van der Waals surface area (Å²) in [6.45, 7) is 0.529. The molecule has 0 aliphatic carbocycles. The van der Waals surface area contributed by atoms with Crippen molar-refractivity contribution in [1.82, 2.24) is 25.1 Å². The number of nitrogens with zero attached hydrogens (tertiary/aromatic N) is 4. The molecule has 0 bridgehead atoms. The van der Waals surface area contributed by atoms with Crippen molar-refractivity contribution in [3.63, 3.8) is 0 Å². The molecule has 0 aromatic heterocycles. The van der Waals surface area contributed by atoms with E-state index in [0.717, 1.165) is 16.7 Å². The van der Waals surface area contributed by atoms with E-state index in [2.05, 4.69) is 11.2 Å². The molecule has 4 amide bonds. The number of phenols is 1. The van der Waals surface area contributed by atoms with Gasteiger partial charge < -0.3 is 20.2 Å². The number of hydrogen-bond acceptors (Lipinski definition) is 5. The summed E-state index contributed by atoms with van der Waals surface area (Å²) in [5.41, 5.74) is 2.52. The number of hydrazine groups is 1.